The van der Waals surface area contributed by atoms with Gasteiger partial charge in [0.05, 0.1) is 29.5 Å². The number of ether oxygens (including phenoxy) is 2. The van der Waals surface area contributed by atoms with Crippen LogP contribution in [0.5, 0.6) is 11.5 Å². The Kier molecular flexibility index (Phi) is 6.73. The SMILES string of the molecule is COc1ccc(C#Cc2cncc(C(=O)N=S(C)(=O)c3cccc(C)c3)c2)cc1OC. The summed E-state index contributed by atoms with van der Waals surface area (Å²) in [5.41, 5.74) is 2.43. The van der Waals surface area contributed by atoms with Gasteiger partial charge in [-0.05, 0) is 48.9 Å². The van der Waals surface area contributed by atoms with Crippen molar-refractivity contribution in [2.24, 2.45) is 4.36 Å². The first-order valence-electron chi connectivity index (χ1n) is 9.34. The van der Waals surface area contributed by atoms with Crippen LogP contribution in [0.4, 0.5) is 0 Å². The normalized spacial score (nSPS) is 12.1. The molecular formula is C24H22N2O4S. The fraction of sp³-hybridized carbons (Fsp3) is 0.167. The van der Waals surface area contributed by atoms with Gasteiger partial charge in [-0.2, -0.15) is 4.36 Å². The molecule has 0 saturated carbocycles. The molecule has 7 heteroatoms. The Morgan fingerprint density at radius 3 is 2.42 bits per heavy atom. The summed E-state index contributed by atoms with van der Waals surface area (Å²) in [6.45, 7) is 1.89. The van der Waals surface area contributed by atoms with Gasteiger partial charge in [0, 0.05) is 34.7 Å². The number of rotatable bonds is 4. The molecule has 0 N–H and O–H groups in total. The van der Waals surface area contributed by atoms with Crippen molar-refractivity contribution >= 4 is 15.6 Å². The molecule has 1 amide bonds. The first kappa shape index (κ1) is 22.1. The molecule has 158 valence electrons. The molecule has 1 atom stereocenters. The predicted molar refractivity (Wildman–Crippen MR) is 120 cm³/mol. The van der Waals surface area contributed by atoms with Gasteiger partial charge in [0.25, 0.3) is 5.91 Å². The summed E-state index contributed by atoms with van der Waals surface area (Å²) in [6.07, 6.45) is 4.39. The molecular weight excluding hydrogens is 412 g/mol. The van der Waals surface area contributed by atoms with Crippen LogP contribution < -0.4 is 9.47 Å². The number of methoxy groups -OCH3 is 2. The Morgan fingerprint density at radius 1 is 0.968 bits per heavy atom. The Hall–Kier alpha value is -3.63. The second kappa shape index (κ2) is 9.45. The number of benzene rings is 2. The van der Waals surface area contributed by atoms with E-state index in [-0.39, 0.29) is 5.56 Å². The van der Waals surface area contributed by atoms with Gasteiger partial charge in [-0.15, -0.1) is 0 Å². The van der Waals surface area contributed by atoms with Crippen LogP contribution in [0.2, 0.25) is 0 Å². The molecule has 0 bridgehead atoms. The van der Waals surface area contributed by atoms with Crippen molar-refractivity contribution in [1.82, 2.24) is 4.98 Å². The largest absolute Gasteiger partial charge is 0.493 e. The predicted octanol–water partition coefficient (Wildman–Crippen LogP) is 4.10. The van der Waals surface area contributed by atoms with E-state index in [2.05, 4.69) is 21.2 Å². The van der Waals surface area contributed by atoms with Crippen LogP contribution >= 0.6 is 0 Å². The molecule has 2 aromatic carbocycles. The molecule has 6 nitrogen and oxygen atoms in total. The first-order valence-corrected chi connectivity index (χ1v) is 11.3. The first-order chi connectivity index (χ1) is 14.8. The number of hydrogen-bond donors (Lipinski definition) is 0. The van der Waals surface area contributed by atoms with E-state index in [1.54, 1.807) is 62.9 Å². The minimum absolute atomic E-state index is 0.223. The lowest BCUT2D eigenvalue weighted by Crippen LogP contribution is -2.04. The number of aryl methyl sites for hydroxylation is 1. The topological polar surface area (TPSA) is 77.9 Å². The standard InChI is InChI=1S/C24H22N2O4S/c1-17-6-5-7-21(12-17)31(4,28)26-24(27)20-13-19(15-25-16-20)9-8-18-10-11-22(29-2)23(14-18)30-3/h5-7,10-16H,1-4H3. The summed E-state index contributed by atoms with van der Waals surface area (Å²) >= 11 is 0. The summed E-state index contributed by atoms with van der Waals surface area (Å²) in [7, 11) is 0.244. The van der Waals surface area contributed by atoms with E-state index in [0.717, 1.165) is 11.1 Å². The molecule has 3 aromatic rings. The van der Waals surface area contributed by atoms with Crippen LogP contribution in [0, 0.1) is 18.8 Å². The average Bonchev–Trinajstić information content (AvgIpc) is 2.77. The van der Waals surface area contributed by atoms with Crippen molar-refractivity contribution in [3.05, 3.63) is 83.2 Å². The molecule has 1 unspecified atom stereocenters. The van der Waals surface area contributed by atoms with Crippen molar-refractivity contribution in [3.8, 4) is 23.3 Å². The molecule has 3 rings (SSSR count). The fourth-order valence-electron chi connectivity index (χ4n) is 2.80. The molecule has 1 aromatic heterocycles. The highest BCUT2D eigenvalue weighted by Crippen LogP contribution is 2.27. The summed E-state index contributed by atoms with van der Waals surface area (Å²) in [6, 6.07) is 14.1. The van der Waals surface area contributed by atoms with Gasteiger partial charge >= 0.3 is 0 Å². The number of nitrogens with zero attached hydrogens (tertiary/aromatic N) is 2. The molecule has 0 radical (unpaired) electrons. The maximum absolute atomic E-state index is 13.0. The van der Waals surface area contributed by atoms with Gasteiger partial charge in [-0.1, -0.05) is 24.0 Å². The van der Waals surface area contributed by atoms with Crippen molar-refractivity contribution in [2.45, 2.75) is 11.8 Å². The van der Waals surface area contributed by atoms with Gasteiger partial charge in [0.2, 0.25) is 0 Å². The molecule has 0 aliphatic heterocycles. The van der Waals surface area contributed by atoms with Crippen LogP contribution in [0.15, 0.2) is 70.2 Å². The summed E-state index contributed by atoms with van der Waals surface area (Å²) in [5.74, 6) is 6.57. The summed E-state index contributed by atoms with van der Waals surface area (Å²) in [5, 5.41) is 0. The van der Waals surface area contributed by atoms with E-state index in [1.165, 1.54) is 12.5 Å². The van der Waals surface area contributed by atoms with E-state index < -0.39 is 15.6 Å². The Bertz CT molecular complexity index is 1310. The third-order valence-corrected chi connectivity index (χ3v) is 6.05. The second-order valence-corrected chi connectivity index (χ2v) is 9.06. The van der Waals surface area contributed by atoms with E-state index in [0.29, 0.717) is 22.0 Å². The maximum Gasteiger partial charge on any atom is 0.286 e. The number of aromatic nitrogens is 1. The summed E-state index contributed by atoms with van der Waals surface area (Å²) in [4.78, 5) is 17.2. The Labute approximate surface area is 182 Å². The van der Waals surface area contributed by atoms with Gasteiger partial charge in [0.15, 0.2) is 11.5 Å². The number of carbonyl (C=O) groups is 1. The molecule has 31 heavy (non-hydrogen) atoms. The van der Waals surface area contributed by atoms with E-state index in [4.69, 9.17) is 9.47 Å². The van der Waals surface area contributed by atoms with E-state index in [9.17, 15) is 9.00 Å². The maximum atomic E-state index is 13.0. The fourth-order valence-corrected chi connectivity index (χ4v) is 4.06. The van der Waals surface area contributed by atoms with Crippen LogP contribution in [0.25, 0.3) is 0 Å². The molecule has 0 fully saturated rings. The lowest BCUT2D eigenvalue weighted by molar-refractivity contribution is 0.100. The van der Waals surface area contributed by atoms with Gasteiger partial charge in [0.1, 0.15) is 0 Å². The second-order valence-electron chi connectivity index (χ2n) is 6.80. The van der Waals surface area contributed by atoms with Crippen molar-refractivity contribution in [2.75, 3.05) is 20.5 Å². The number of pyridine rings is 1. The van der Waals surface area contributed by atoms with Crippen molar-refractivity contribution in [1.29, 1.82) is 0 Å². The quantitative estimate of drug-likeness (QED) is 0.578. The van der Waals surface area contributed by atoms with Crippen LogP contribution in [0.3, 0.4) is 0 Å². The van der Waals surface area contributed by atoms with Crippen molar-refractivity contribution < 1.29 is 18.5 Å². The highest BCUT2D eigenvalue weighted by molar-refractivity contribution is 7.93. The van der Waals surface area contributed by atoms with Crippen molar-refractivity contribution in [3.63, 3.8) is 0 Å². The van der Waals surface area contributed by atoms with Crippen LogP contribution in [-0.2, 0) is 9.73 Å². The molecule has 0 aliphatic rings. The summed E-state index contributed by atoms with van der Waals surface area (Å²) < 4.78 is 27.4. The molecule has 0 aliphatic carbocycles. The zero-order valence-corrected chi connectivity index (χ0v) is 18.5. The van der Waals surface area contributed by atoms with Crippen LogP contribution in [0.1, 0.15) is 27.0 Å². The number of carbonyl (C=O) groups excluding carboxylic acids is 1. The lowest BCUT2D eigenvalue weighted by Gasteiger charge is -2.06. The average molecular weight is 435 g/mol. The van der Waals surface area contributed by atoms with Gasteiger partial charge in [-0.25, -0.2) is 4.21 Å². The monoisotopic (exact) mass is 434 g/mol. The van der Waals surface area contributed by atoms with Gasteiger partial charge < -0.3 is 9.47 Å². The lowest BCUT2D eigenvalue weighted by atomic mass is 10.1. The third-order valence-electron chi connectivity index (χ3n) is 4.40. The van der Waals surface area contributed by atoms with Gasteiger partial charge in [-0.3, -0.25) is 9.78 Å². The highest BCUT2D eigenvalue weighted by Gasteiger charge is 2.12. The molecule has 1 heterocycles. The third kappa shape index (κ3) is 5.50. The minimum atomic E-state index is -2.88. The smallest absolute Gasteiger partial charge is 0.286 e. The van der Waals surface area contributed by atoms with E-state index >= 15 is 0 Å². The molecule has 0 saturated heterocycles. The zero-order valence-electron chi connectivity index (χ0n) is 17.7. The molecule has 0 spiro atoms. The Balaban J connectivity index is 1.88. The van der Waals surface area contributed by atoms with E-state index in [1.807, 2.05) is 13.0 Å². The minimum Gasteiger partial charge on any atom is -0.493 e. The number of hydrogen-bond acceptors (Lipinski definition) is 5. The Morgan fingerprint density at radius 2 is 1.71 bits per heavy atom. The zero-order chi connectivity index (χ0) is 22.4. The highest BCUT2D eigenvalue weighted by atomic mass is 32.2. The number of amides is 1. The van der Waals surface area contributed by atoms with Crippen LogP contribution in [-0.4, -0.2) is 35.6 Å².